The van der Waals surface area contributed by atoms with E-state index in [-0.39, 0.29) is 0 Å². The lowest BCUT2D eigenvalue weighted by Gasteiger charge is -2.22. The Morgan fingerprint density at radius 1 is 1.35 bits per heavy atom. The standard InChI is InChI=1S/C15H25N3O2/c1-12(2)9-15(19)18-6-4-5-17(7-8-18)11-14-10-13(3)20-16-14/h10,12H,4-9,11H2,1-3H3. The first-order chi connectivity index (χ1) is 9.54. The van der Waals surface area contributed by atoms with Crippen LogP contribution in [0.4, 0.5) is 0 Å². The molecule has 1 aromatic rings. The lowest BCUT2D eigenvalue weighted by atomic mass is 10.1. The number of aryl methyl sites for hydroxylation is 1. The molecular formula is C15H25N3O2. The van der Waals surface area contributed by atoms with Gasteiger partial charge in [-0.1, -0.05) is 19.0 Å². The predicted octanol–water partition coefficient (Wildman–Crippen LogP) is 2.06. The highest BCUT2D eigenvalue weighted by atomic mass is 16.5. The number of carbonyl (C=O) groups excluding carboxylic acids is 1. The maximum atomic E-state index is 12.1. The average Bonchev–Trinajstić information content (AvgIpc) is 2.63. The number of aromatic nitrogens is 1. The van der Waals surface area contributed by atoms with Crippen LogP contribution in [0.5, 0.6) is 0 Å². The molecular weight excluding hydrogens is 254 g/mol. The Kier molecular flexibility index (Phi) is 5.17. The zero-order valence-corrected chi connectivity index (χ0v) is 12.8. The maximum Gasteiger partial charge on any atom is 0.222 e. The first-order valence-electron chi connectivity index (χ1n) is 7.47. The van der Waals surface area contributed by atoms with E-state index in [4.69, 9.17) is 4.52 Å². The van der Waals surface area contributed by atoms with Crippen LogP contribution in [-0.2, 0) is 11.3 Å². The fraction of sp³-hybridized carbons (Fsp3) is 0.733. The Balaban J connectivity index is 1.84. The van der Waals surface area contributed by atoms with Crippen LogP contribution in [0.1, 0.15) is 38.1 Å². The van der Waals surface area contributed by atoms with E-state index >= 15 is 0 Å². The third-order valence-electron chi connectivity index (χ3n) is 3.59. The van der Waals surface area contributed by atoms with E-state index in [1.54, 1.807) is 0 Å². The number of amides is 1. The normalized spacial score (nSPS) is 17.5. The fourth-order valence-electron chi connectivity index (χ4n) is 2.58. The zero-order valence-electron chi connectivity index (χ0n) is 12.8. The smallest absolute Gasteiger partial charge is 0.222 e. The molecule has 0 atom stereocenters. The summed E-state index contributed by atoms with van der Waals surface area (Å²) in [6, 6.07) is 1.98. The quantitative estimate of drug-likeness (QED) is 0.846. The largest absolute Gasteiger partial charge is 0.361 e. The van der Waals surface area contributed by atoms with Gasteiger partial charge in [-0.3, -0.25) is 9.69 Å². The molecule has 1 saturated heterocycles. The Bertz CT molecular complexity index is 442. The van der Waals surface area contributed by atoms with Crippen LogP contribution in [0, 0.1) is 12.8 Å². The zero-order chi connectivity index (χ0) is 14.5. The maximum absolute atomic E-state index is 12.1. The number of nitrogens with zero attached hydrogens (tertiary/aromatic N) is 3. The lowest BCUT2D eigenvalue weighted by Crippen LogP contribution is -2.35. The summed E-state index contributed by atoms with van der Waals surface area (Å²) >= 11 is 0. The molecule has 0 radical (unpaired) electrons. The number of carbonyl (C=O) groups is 1. The van der Waals surface area contributed by atoms with Gasteiger partial charge in [0.1, 0.15) is 5.76 Å². The second-order valence-corrected chi connectivity index (χ2v) is 6.04. The fourth-order valence-corrected chi connectivity index (χ4v) is 2.58. The summed E-state index contributed by atoms with van der Waals surface area (Å²) in [5.41, 5.74) is 0.976. The molecule has 1 aliphatic rings. The van der Waals surface area contributed by atoms with Crippen molar-refractivity contribution in [1.82, 2.24) is 15.0 Å². The molecule has 1 amide bonds. The molecule has 1 aromatic heterocycles. The van der Waals surface area contributed by atoms with Crippen molar-refractivity contribution in [2.75, 3.05) is 26.2 Å². The summed E-state index contributed by atoms with van der Waals surface area (Å²) in [6.45, 7) is 10.5. The first-order valence-corrected chi connectivity index (χ1v) is 7.47. The van der Waals surface area contributed by atoms with E-state index in [0.717, 1.165) is 50.6 Å². The van der Waals surface area contributed by atoms with Gasteiger partial charge in [0, 0.05) is 45.2 Å². The molecule has 0 bridgehead atoms. The Morgan fingerprint density at radius 2 is 2.15 bits per heavy atom. The van der Waals surface area contributed by atoms with Gasteiger partial charge in [-0.25, -0.2) is 0 Å². The summed E-state index contributed by atoms with van der Waals surface area (Å²) in [5.74, 6) is 1.57. The minimum atomic E-state index is 0.291. The molecule has 2 rings (SSSR count). The minimum absolute atomic E-state index is 0.291. The highest BCUT2D eigenvalue weighted by Gasteiger charge is 2.20. The number of hydrogen-bond donors (Lipinski definition) is 0. The molecule has 2 heterocycles. The van der Waals surface area contributed by atoms with Gasteiger partial charge < -0.3 is 9.42 Å². The molecule has 5 heteroatoms. The molecule has 0 saturated carbocycles. The van der Waals surface area contributed by atoms with Crippen molar-refractivity contribution in [2.24, 2.45) is 5.92 Å². The first kappa shape index (κ1) is 15.0. The molecule has 0 spiro atoms. The van der Waals surface area contributed by atoms with Gasteiger partial charge in [-0.15, -0.1) is 0 Å². The van der Waals surface area contributed by atoms with E-state index in [2.05, 4.69) is 23.9 Å². The van der Waals surface area contributed by atoms with Gasteiger partial charge in [0.25, 0.3) is 0 Å². The monoisotopic (exact) mass is 279 g/mol. The lowest BCUT2D eigenvalue weighted by molar-refractivity contribution is -0.131. The van der Waals surface area contributed by atoms with Gasteiger partial charge in [-0.2, -0.15) is 0 Å². The van der Waals surface area contributed by atoms with Crippen LogP contribution in [-0.4, -0.2) is 47.0 Å². The number of hydrogen-bond acceptors (Lipinski definition) is 4. The van der Waals surface area contributed by atoms with Crippen LogP contribution in [0.2, 0.25) is 0 Å². The summed E-state index contributed by atoms with van der Waals surface area (Å²) < 4.78 is 5.10. The van der Waals surface area contributed by atoms with Crippen LogP contribution in [0.25, 0.3) is 0 Å². The third kappa shape index (κ3) is 4.34. The Morgan fingerprint density at radius 3 is 2.80 bits per heavy atom. The molecule has 112 valence electrons. The second kappa shape index (κ2) is 6.88. The van der Waals surface area contributed by atoms with E-state index in [1.165, 1.54) is 0 Å². The van der Waals surface area contributed by atoms with Gasteiger partial charge in [0.2, 0.25) is 5.91 Å². The molecule has 5 nitrogen and oxygen atoms in total. The van der Waals surface area contributed by atoms with Crippen molar-refractivity contribution in [3.05, 3.63) is 17.5 Å². The van der Waals surface area contributed by atoms with Gasteiger partial charge >= 0.3 is 0 Å². The summed E-state index contributed by atoms with van der Waals surface area (Å²) in [5, 5.41) is 4.04. The summed E-state index contributed by atoms with van der Waals surface area (Å²) in [4.78, 5) is 16.5. The highest BCUT2D eigenvalue weighted by molar-refractivity contribution is 5.76. The van der Waals surface area contributed by atoms with Crippen LogP contribution in [0.15, 0.2) is 10.6 Å². The van der Waals surface area contributed by atoms with Crippen LogP contribution in [0.3, 0.4) is 0 Å². The van der Waals surface area contributed by atoms with Gasteiger partial charge in [0.05, 0.1) is 5.69 Å². The van der Waals surface area contributed by atoms with E-state index in [0.29, 0.717) is 18.2 Å². The van der Waals surface area contributed by atoms with E-state index < -0.39 is 0 Å². The molecule has 1 fully saturated rings. The van der Waals surface area contributed by atoms with Crippen LogP contribution < -0.4 is 0 Å². The molecule has 1 aliphatic heterocycles. The molecule has 0 aromatic carbocycles. The predicted molar refractivity (Wildman–Crippen MR) is 77.2 cm³/mol. The van der Waals surface area contributed by atoms with Crippen molar-refractivity contribution in [3.8, 4) is 0 Å². The van der Waals surface area contributed by atoms with E-state index in [9.17, 15) is 4.79 Å². The third-order valence-corrected chi connectivity index (χ3v) is 3.59. The van der Waals surface area contributed by atoms with Crippen molar-refractivity contribution < 1.29 is 9.32 Å². The average molecular weight is 279 g/mol. The number of rotatable bonds is 4. The van der Waals surface area contributed by atoms with E-state index in [1.807, 2.05) is 17.9 Å². The van der Waals surface area contributed by atoms with Crippen molar-refractivity contribution in [3.63, 3.8) is 0 Å². The van der Waals surface area contributed by atoms with Gasteiger partial charge in [-0.05, 0) is 19.3 Å². The van der Waals surface area contributed by atoms with Crippen molar-refractivity contribution >= 4 is 5.91 Å². The molecule has 0 N–H and O–H groups in total. The SMILES string of the molecule is Cc1cc(CN2CCCN(C(=O)CC(C)C)CC2)no1. The molecule has 20 heavy (non-hydrogen) atoms. The highest BCUT2D eigenvalue weighted by Crippen LogP contribution is 2.11. The van der Waals surface area contributed by atoms with Crippen molar-refractivity contribution in [2.45, 2.75) is 40.2 Å². The Labute approximate surface area is 120 Å². The molecule has 0 unspecified atom stereocenters. The summed E-state index contributed by atoms with van der Waals surface area (Å²) in [7, 11) is 0. The summed E-state index contributed by atoms with van der Waals surface area (Å²) in [6.07, 6.45) is 1.68. The van der Waals surface area contributed by atoms with Crippen molar-refractivity contribution in [1.29, 1.82) is 0 Å². The van der Waals surface area contributed by atoms with Gasteiger partial charge in [0.15, 0.2) is 0 Å². The van der Waals surface area contributed by atoms with Crippen LogP contribution >= 0.6 is 0 Å². The topological polar surface area (TPSA) is 49.6 Å². The Hall–Kier alpha value is -1.36. The second-order valence-electron chi connectivity index (χ2n) is 6.04. The molecule has 0 aliphatic carbocycles. The minimum Gasteiger partial charge on any atom is -0.361 e.